The third-order valence-corrected chi connectivity index (χ3v) is 4.10. The number of hydrogen-bond acceptors (Lipinski definition) is 3. The van der Waals surface area contributed by atoms with Crippen molar-refractivity contribution in [3.05, 3.63) is 54.6 Å². The lowest BCUT2D eigenvalue weighted by Crippen LogP contribution is -2.52. The standard InChI is InChI=1S/C16H14F3NO2S/c1-15(22,16(17,18)19)14(21)20-11-7-9-13(10-8-11)23-12-5-3-2-4-6-12/h2-10,22H,1H3,(H,20,21). The molecule has 7 heteroatoms. The van der Waals surface area contributed by atoms with Gasteiger partial charge >= 0.3 is 6.18 Å². The van der Waals surface area contributed by atoms with Crippen molar-refractivity contribution in [2.45, 2.75) is 28.5 Å². The summed E-state index contributed by atoms with van der Waals surface area (Å²) in [6.45, 7) is 0.419. The van der Waals surface area contributed by atoms with Gasteiger partial charge in [0.25, 0.3) is 5.91 Å². The highest BCUT2D eigenvalue weighted by Gasteiger charge is 2.55. The fraction of sp³-hybridized carbons (Fsp3) is 0.188. The fourth-order valence-corrected chi connectivity index (χ4v) is 2.45. The van der Waals surface area contributed by atoms with Gasteiger partial charge in [0.05, 0.1) is 0 Å². The van der Waals surface area contributed by atoms with Gasteiger partial charge in [0, 0.05) is 15.5 Å². The predicted octanol–water partition coefficient (Wildman–Crippen LogP) is 4.09. The molecule has 0 spiro atoms. The summed E-state index contributed by atoms with van der Waals surface area (Å²) in [6.07, 6.45) is -5.04. The Kier molecular flexibility index (Phi) is 5.01. The van der Waals surface area contributed by atoms with Crippen molar-refractivity contribution in [1.29, 1.82) is 0 Å². The highest BCUT2D eigenvalue weighted by atomic mass is 32.2. The number of alkyl halides is 3. The Bertz CT molecular complexity index is 670. The largest absolute Gasteiger partial charge is 0.426 e. The summed E-state index contributed by atoms with van der Waals surface area (Å²) in [5, 5.41) is 11.4. The maximum Gasteiger partial charge on any atom is 0.426 e. The van der Waals surface area contributed by atoms with Crippen molar-refractivity contribution in [1.82, 2.24) is 0 Å². The van der Waals surface area contributed by atoms with Crippen LogP contribution in [0.2, 0.25) is 0 Å². The van der Waals surface area contributed by atoms with E-state index in [1.54, 1.807) is 12.1 Å². The summed E-state index contributed by atoms with van der Waals surface area (Å²) >= 11 is 1.48. The summed E-state index contributed by atoms with van der Waals surface area (Å²) in [5.74, 6) is -1.52. The summed E-state index contributed by atoms with van der Waals surface area (Å²) in [7, 11) is 0. The minimum Gasteiger partial charge on any atom is -0.373 e. The van der Waals surface area contributed by atoms with E-state index in [0.717, 1.165) is 9.79 Å². The fourth-order valence-electron chi connectivity index (χ4n) is 1.61. The molecular formula is C16H14F3NO2S. The molecule has 122 valence electrons. The summed E-state index contributed by atoms with van der Waals surface area (Å²) in [4.78, 5) is 13.5. The quantitative estimate of drug-likeness (QED) is 0.881. The molecule has 1 unspecified atom stereocenters. The Labute approximate surface area is 135 Å². The van der Waals surface area contributed by atoms with Gasteiger partial charge in [-0.15, -0.1) is 0 Å². The number of nitrogens with one attached hydrogen (secondary N) is 1. The molecule has 1 atom stereocenters. The van der Waals surface area contributed by atoms with Gasteiger partial charge in [-0.3, -0.25) is 4.79 Å². The molecule has 2 rings (SSSR count). The first-order chi connectivity index (χ1) is 10.7. The van der Waals surface area contributed by atoms with Crippen LogP contribution in [0.15, 0.2) is 64.4 Å². The second-order valence-corrected chi connectivity index (χ2v) is 6.11. The Morgan fingerprint density at radius 2 is 1.52 bits per heavy atom. The Balaban J connectivity index is 2.04. The molecule has 0 radical (unpaired) electrons. The van der Waals surface area contributed by atoms with E-state index in [0.29, 0.717) is 6.92 Å². The Morgan fingerprint density at radius 1 is 1.00 bits per heavy atom. The Hall–Kier alpha value is -1.99. The number of amides is 1. The van der Waals surface area contributed by atoms with E-state index in [9.17, 15) is 23.1 Å². The van der Waals surface area contributed by atoms with Crippen LogP contribution in [0.4, 0.5) is 18.9 Å². The second kappa shape index (κ2) is 6.64. The topological polar surface area (TPSA) is 49.3 Å². The van der Waals surface area contributed by atoms with Crippen LogP contribution >= 0.6 is 11.8 Å². The van der Waals surface area contributed by atoms with Gasteiger partial charge in [0.1, 0.15) is 0 Å². The summed E-state index contributed by atoms with van der Waals surface area (Å²) in [5.41, 5.74) is -3.26. The number of halogens is 3. The van der Waals surface area contributed by atoms with Crippen LogP contribution in [0.25, 0.3) is 0 Å². The lowest BCUT2D eigenvalue weighted by molar-refractivity contribution is -0.242. The van der Waals surface area contributed by atoms with Gasteiger partial charge in [-0.05, 0) is 43.3 Å². The molecule has 0 aliphatic heterocycles. The van der Waals surface area contributed by atoms with Crippen molar-refractivity contribution in [3.63, 3.8) is 0 Å². The zero-order valence-corrected chi connectivity index (χ0v) is 12.9. The van der Waals surface area contributed by atoms with Crippen LogP contribution in [0.1, 0.15) is 6.92 Å². The summed E-state index contributed by atoms with van der Waals surface area (Å²) < 4.78 is 37.7. The van der Waals surface area contributed by atoms with Crippen LogP contribution in [0, 0.1) is 0 Å². The Morgan fingerprint density at radius 3 is 2.04 bits per heavy atom. The number of rotatable bonds is 4. The smallest absolute Gasteiger partial charge is 0.373 e. The molecule has 23 heavy (non-hydrogen) atoms. The molecule has 2 N–H and O–H groups in total. The van der Waals surface area contributed by atoms with Gasteiger partial charge in [0.2, 0.25) is 5.60 Å². The highest BCUT2D eigenvalue weighted by molar-refractivity contribution is 7.99. The molecule has 3 nitrogen and oxygen atoms in total. The summed E-state index contributed by atoms with van der Waals surface area (Å²) in [6, 6.07) is 15.9. The third-order valence-electron chi connectivity index (χ3n) is 3.09. The van der Waals surface area contributed by atoms with Gasteiger partial charge < -0.3 is 10.4 Å². The molecule has 1 amide bonds. The molecule has 0 fully saturated rings. The highest BCUT2D eigenvalue weighted by Crippen LogP contribution is 2.32. The second-order valence-electron chi connectivity index (χ2n) is 4.96. The molecule has 0 bridgehead atoms. The van der Waals surface area contributed by atoms with E-state index in [2.05, 4.69) is 5.32 Å². The number of anilines is 1. The first kappa shape index (κ1) is 17.4. The maximum atomic E-state index is 12.6. The number of aliphatic hydroxyl groups is 1. The predicted molar refractivity (Wildman–Crippen MR) is 82.3 cm³/mol. The molecule has 0 aromatic heterocycles. The van der Waals surface area contributed by atoms with E-state index < -0.39 is 17.7 Å². The van der Waals surface area contributed by atoms with Crippen molar-refractivity contribution < 1.29 is 23.1 Å². The lowest BCUT2D eigenvalue weighted by atomic mass is 10.1. The molecule has 2 aromatic rings. The monoisotopic (exact) mass is 341 g/mol. The third kappa shape index (κ3) is 4.27. The normalized spacial score (nSPS) is 14.1. The van der Waals surface area contributed by atoms with Crippen LogP contribution in [0.5, 0.6) is 0 Å². The van der Waals surface area contributed by atoms with Crippen LogP contribution < -0.4 is 5.32 Å². The number of carbonyl (C=O) groups is 1. The average Bonchev–Trinajstić information content (AvgIpc) is 2.49. The lowest BCUT2D eigenvalue weighted by Gasteiger charge is -2.24. The van der Waals surface area contributed by atoms with Crippen molar-refractivity contribution in [3.8, 4) is 0 Å². The molecule has 0 saturated carbocycles. The van der Waals surface area contributed by atoms with Gasteiger partial charge in [-0.2, -0.15) is 13.2 Å². The molecular weight excluding hydrogens is 327 g/mol. The van der Waals surface area contributed by atoms with E-state index >= 15 is 0 Å². The minimum absolute atomic E-state index is 0.178. The van der Waals surface area contributed by atoms with E-state index in [1.807, 2.05) is 30.3 Å². The first-order valence-corrected chi connectivity index (χ1v) is 7.45. The average molecular weight is 341 g/mol. The number of hydrogen-bond donors (Lipinski definition) is 2. The minimum atomic E-state index is -5.04. The molecule has 0 aliphatic carbocycles. The number of carbonyl (C=O) groups excluding carboxylic acids is 1. The molecule has 0 aliphatic rings. The maximum absolute atomic E-state index is 12.6. The van der Waals surface area contributed by atoms with E-state index in [4.69, 9.17) is 0 Å². The van der Waals surface area contributed by atoms with E-state index in [1.165, 1.54) is 23.9 Å². The molecule has 0 saturated heterocycles. The zero-order chi connectivity index (χ0) is 17.1. The number of benzene rings is 2. The van der Waals surface area contributed by atoms with Gasteiger partial charge in [0.15, 0.2) is 0 Å². The van der Waals surface area contributed by atoms with Crippen molar-refractivity contribution >= 4 is 23.4 Å². The van der Waals surface area contributed by atoms with E-state index in [-0.39, 0.29) is 5.69 Å². The van der Waals surface area contributed by atoms with Gasteiger partial charge in [-0.1, -0.05) is 30.0 Å². The van der Waals surface area contributed by atoms with Crippen LogP contribution in [0.3, 0.4) is 0 Å². The molecule has 0 heterocycles. The van der Waals surface area contributed by atoms with Crippen molar-refractivity contribution in [2.24, 2.45) is 0 Å². The zero-order valence-electron chi connectivity index (χ0n) is 12.1. The molecule has 2 aromatic carbocycles. The van der Waals surface area contributed by atoms with Crippen molar-refractivity contribution in [2.75, 3.05) is 5.32 Å². The van der Waals surface area contributed by atoms with Gasteiger partial charge in [-0.25, -0.2) is 0 Å². The van der Waals surface area contributed by atoms with Crippen LogP contribution in [-0.4, -0.2) is 22.8 Å². The first-order valence-electron chi connectivity index (χ1n) is 6.63. The SMILES string of the molecule is CC(O)(C(=O)Nc1ccc(Sc2ccccc2)cc1)C(F)(F)F. The van der Waals surface area contributed by atoms with Crippen LogP contribution in [-0.2, 0) is 4.79 Å².